The molecule has 4 heteroatoms. The summed E-state index contributed by atoms with van der Waals surface area (Å²) in [6, 6.07) is 0.659. The Kier molecular flexibility index (Phi) is 4.34. The number of ether oxygens (including phenoxy) is 2. The van der Waals surface area contributed by atoms with Crippen LogP contribution in [-0.4, -0.2) is 66.1 Å². The van der Waals surface area contributed by atoms with E-state index < -0.39 is 0 Å². The minimum atomic E-state index is 0.229. The van der Waals surface area contributed by atoms with Gasteiger partial charge in [-0.25, -0.2) is 0 Å². The first kappa shape index (κ1) is 15.7. The van der Waals surface area contributed by atoms with Crippen molar-refractivity contribution in [3.05, 3.63) is 0 Å². The fourth-order valence-corrected chi connectivity index (χ4v) is 4.13. The lowest BCUT2D eigenvalue weighted by Gasteiger charge is -2.45. The summed E-state index contributed by atoms with van der Waals surface area (Å²) < 4.78 is 11.4. The molecule has 122 valence electrons. The molecule has 0 spiro atoms. The van der Waals surface area contributed by atoms with Crippen molar-refractivity contribution in [3.63, 3.8) is 0 Å². The highest BCUT2D eigenvalue weighted by atomic mass is 16.5. The van der Waals surface area contributed by atoms with Crippen LogP contribution in [0, 0.1) is 0 Å². The minimum Gasteiger partial charge on any atom is -0.375 e. The average Bonchev–Trinajstić information content (AvgIpc) is 3.09. The zero-order valence-corrected chi connectivity index (χ0v) is 14.2. The first-order valence-electron chi connectivity index (χ1n) is 8.60. The molecule has 21 heavy (non-hydrogen) atoms. The van der Waals surface area contributed by atoms with Crippen molar-refractivity contribution < 1.29 is 9.47 Å². The molecule has 2 bridgehead atoms. The fraction of sp³-hybridized carbons (Fsp3) is 1.00. The van der Waals surface area contributed by atoms with Crippen molar-refractivity contribution >= 4 is 0 Å². The molecule has 3 aliphatic rings. The van der Waals surface area contributed by atoms with Gasteiger partial charge in [0, 0.05) is 36.8 Å². The molecule has 0 N–H and O–H groups in total. The van der Waals surface area contributed by atoms with Gasteiger partial charge in [0.05, 0.1) is 19.4 Å². The number of rotatable bonds is 5. The van der Waals surface area contributed by atoms with Crippen LogP contribution < -0.4 is 0 Å². The smallest absolute Gasteiger partial charge is 0.0994 e. The van der Waals surface area contributed by atoms with Crippen molar-refractivity contribution in [3.8, 4) is 0 Å². The fourth-order valence-electron chi connectivity index (χ4n) is 4.13. The molecule has 0 aromatic carbocycles. The van der Waals surface area contributed by atoms with Gasteiger partial charge in [-0.2, -0.15) is 0 Å². The van der Waals surface area contributed by atoms with Crippen molar-refractivity contribution in [1.82, 2.24) is 9.80 Å². The number of fused-ring (bicyclic) bond motifs is 2. The van der Waals surface area contributed by atoms with Gasteiger partial charge in [-0.3, -0.25) is 9.80 Å². The van der Waals surface area contributed by atoms with Crippen LogP contribution in [0.15, 0.2) is 0 Å². The van der Waals surface area contributed by atoms with Gasteiger partial charge in [0.2, 0.25) is 0 Å². The van der Waals surface area contributed by atoms with Crippen molar-refractivity contribution in [2.75, 3.05) is 33.0 Å². The number of likely N-dealkylation sites (tertiary alicyclic amines) is 1. The first-order valence-corrected chi connectivity index (χ1v) is 8.60. The zero-order chi connectivity index (χ0) is 15.1. The second-order valence-corrected chi connectivity index (χ2v) is 8.28. The van der Waals surface area contributed by atoms with Crippen LogP contribution in [0.2, 0.25) is 0 Å². The Bertz CT molecular complexity index is 364. The standard InChI is InChI=1S/C17H32N2O2/c1-16(2,18-8-5-9-20-13-18)6-7-17(3,4)19-11-15-10-14(19)12-21-15/h14-15H,5-13H2,1-4H3/t14-,15-/m1/s1. The molecule has 0 aliphatic carbocycles. The number of nitrogens with zero attached hydrogens (tertiary/aromatic N) is 2. The monoisotopic (exact) mass is 296 g/mol. The second-order valence-electron chi connectivity index (χ2n) is 8.28. The molecule has 4 nitrogen and oxygen atoms in total. The van der Waals surface area contributed by atoms with Crippen molar-refractivity contribution in [2.24, 2.45) is 0 Å². The van der Waals surface area contributed by atoms with Crippen LogP contribution in [0.1, 0.15) is 53.4 Å². The van der Waals surface area contributed by atoms with Crippen molar-refractivity contribution in [2.45, 2.75) is 76.6 Å². The summed E-state index contributed by atoms with van der Waals surface area (Å²) in [6.07, 6.45) is 5.36. The molecule has 0 saturated carbocycles. The third kappa shape index (κ3) is 3.29. The lowest BCUT2D eigenvalue weighted by atomic mass is 9.86. The third-order valence-electron chi connectivity index (χ3n) is 5.85. The Hall–Kier alpha value is -0.160. The summed E-state index contributed by atoms with van der Waals surface area (Å²) >= 11 is 0. The van der Waals surface area contributed by atoms with Gasteiger partial charge in [-0.05, 0) is 53.4 Å². The molecule has 3 fully saturated rings. The molecule has 3 heterocycles. The summed E-state index contributed by atoms with van der Waals surface area (Å²) in [7, 11) is 0. The van der Waals surface area contributed by atoms with E-state index in [1.807, 2.05) is 0 Å². The minimum absolute atomic E-state index is 0.229. The zero-order valence-electron chi connectivity index (χ0n) is 14.2. The van der Waals surface area contributed by atoms with E-state index in [0.717, 1.165) is 26.5 Å². The van der Waals surface area contributed by atoms with E-state index in [1.54, 1.807) is 0 Å². The van der Waals surface area contributed by atoms with Crippen LogP contribution >= 0.6 is 0 Å². The lowest BCUT2D eigenvalue weighted by Crippen LogP contribution is -2.53. The molecule has 0 amide bonds. The normalized spacial score (nSPS) is 32.0. The summed E-state index contributed by atoms with van der Waals surface area (Å²) in [6.45, 7) is 14.5. The highest BCUT2D eigenvalue weighted by molar-refractivity contribution is 4.99. The maximum atomic E-state index is 5.75. The molecular formula is C17H32N2O2. The Morgan fingerprint density at radius 1 is 1.10 bits per heavy atom. The first-order chi connectivity index (χ1) is 9.88. The SMILES string of the molecule is CC(C)(CCC(C)(C)N1C[C@H]2C[C@@H]1CO2)N1CCCOC1. The molecule has 0 unspecified atom stereocenters. The number of morpholine rings is 1. The summed E-state index contributed by atoms with van der Waals surface area (Å²) in [5.74, 6) is 0. The lowest BCUT2D eigenvalue weighted by molar-refractivity contribution is -0.0707. The molecule has 2 atom stereocenters. The van der Waals surface area contributed by atoms with Crippen LogP contribution in [0.5, 0.6) is 0 Å². The number of hydrogen-bond donors (Lipinski definition) is 0. The van der Waals surface area contributed by atoms with Gasteiger partial charge in [0.15, 0.2) is 0 Å². The largest absolute Gasteiger partial charge is 0.375 e. The van der Waals surface area contributed by atoms with E-state index in [9.17, 15) is 0 Å². The van der Waals surface area contributed by atoms with E-state index in [1.165, 1.54) is 32.2 Å². The van der Waals surface area contributed by atoms with Gasteiger partial charge in [0.25, 0.3) is 0 Å². The molecule has 0 aromatic heterocycles. The second kappa shape index (κ2) is 5.80. The van der Waals surface area contributed by atoms with E-state index in [4.69, 9.17) is 9.47 Å². The topological polar surface area (TPSA) is 24.9 Å². The number of hydrogen-bond acceptors (Lipinski definition) is 4. The van der Waals surface area contributed by atoms with E-state index in [0.29, 0.717) is 12.1 Å². The molecule has 0 aromatic rings. The Morgan fingerprint density at radius 3 is 2.43 bits per heavy atom. The van der Waals surface area contributed by atoms with Crippen LogP contribution in [0.3, 0.4) is 0 Å². The molecule has 3 aliphatic heterocycles. The molecule has 0 radical (unpaired) electrons. The third-order valence-corrected chi connectivity index (χ3v) is 5.85. The summed E-state index contributed by atoms with van der Waals surface area (Å²) in [5, 5.41) is 0. The van der Waals surface area contributed by atoms with E-state index >= 15 is 0 Å². The Morgan fingerprint density at radius 2 is 1.86 bits per heavy atom. The van der Waals surface area contributed by atoms with E-state index in [-0.39, 0.29) is 11.1 Å². The van der Waals surface area contributed by atoms with Gasteiger partial charge in [-0.1, -0.05) is 0 Å². The van der Waals surface area contributed by atoms with Gasteiger partial charge in [0.1, 0.15) is 0 Å². The molecular weight excluding hydrogens is 264 g/mol. The summed E-state index contributed by atoms with van der Waals surface area (Å²) in [4.78, 5) is 5.20. The highest BCUT2D eigenvalue weighted by Crippen LogP contribution is 2.37. The predicted molar refractivity (Wildman–Crippen MR) is 84.4 cm³/mol. The van der Waals surface area contributed by atoms with Crippen LogP contribution in [0.4, 0.5) is 0 Å². The van der Waals surface area contributed by atoms with Gasteiger partial charge in [-0.15, -0.1) is 0 Å². The average molecular weight is 296 g/mol. The quantitative estimate of drug-likeness (QED) is 0.778. The summed E-state index contributed by atoms with van der Waals surface area (Å²) in [5.41, 5.74) is 0.504. The van der Waals surface area contributed by atoms with Crippen LogP contribution in [0.25, 0.3) is 0 Å². The van der Waals surface area contributed by atoms with Crippen molar-refractivity contribution in [1.29, 1.82) is 0 Å². The molecule has 3 saturated heterocycles. The highest BCUT2D eigenvalue weighted by Gasteiger charge is 2.45. The van der Waals surface area contributed by atoms with Gasteiger partial charge < -0.3 is 9.47 Å². The predicted octanol–water partition coefficient (Wildman–Crippen LogP) is 2.48. The maximum Gasteiger partial charge on any atom is 0.0994 e. The Labute approximate surface area is 129 Å². The molecule has 3 rings (SSSR count). The van der Waals surface area contributed by atoms with E-state index in [2.05, 4.69) is 37.5 Å². The Balaban J connectivity index is 1.55. The van der Waals surface area contributed by atoms with Crippen LogP contribution in [-0.2, 0) is 9.47 Å². The van der Waals surface area contributed by atoms with Gasteiger partial charge >= 0.3 is 0 Å². The maximum absolute atomic E-state index is 5.75.